The van der Waals surface area contributed by atoms with Crippen molar-refractivity contribution in [1.29, 1.82) is 0 Å². The number of hydrogen-bond donors (Lipinski definition) is 3. The molecule has 2 heterocycles. The Hall–Kier alpha value is -3.57. The van der Waals surface area contributed by atoms with Crippen LogP contribution in [-0.2, 0) is 9.53 Å². The van der Waals surface area contributed by atoms with Gasteiger partial charge in [0.2, 0.25) is 5.91 Å². The van der Waals surface area contributed by atoms with Gasteiger partial charge < -0.3 is 26.4 Å². The average Bonchev–Trinajstić information content (AvgIpc) is 3.52. The minimum Gasteiger partial charge on any atom is -0.395 e. The van der Waals surface area contributed by atoms with Crippen LogP contribution in [0.3, 0.4) is 0 Å². The van der Waals surface area contributed by atoms with Crippen molar-refractivity contribution in [3.63, 3.8) is 0 Å². The van der Waals surface area contributed by atoms with E-state index in [1.54, 1.807) is 18.2 Å². The van der Waals surface area contributed by atoms with Crippen molar-refractivity contribution in [2.45, 2.75) is 37.8 Å². The Balaban J connectivity index is 1.81. The zero-order valence-electron chi connectivity index (χ0n) is 19.4. The summed E-state index contributed by atoms with van der Waals surface area (Å²) >= 11 is 0.819. The van der Waals surface area contributed by atoms with E-state index in [1.165, 1.54) is 0 Å². The van der Waals surface area contributed by atoms with Crippen LogP contribution in [-0.4, -0.2) is 58.3 Å². The first-order valence-corrected chi connectivity index (χ1v) is 12.2. The molecule has 0 bridgehead atoms. The molecule has 1 aliphatic carbocycles. The smallest absolute Gasteiger partial charge is 0.270 e. The lowest BCUT2D eigenvalue weighted by Gasteiger charge is -2.36. The van der Waals surface area contributed by atoms with Crippen molar-refractivity contribution >= 4 is 45.8 Å². The molecular formula is C24H28N6O4S. The van der Waals surface area contributed by atoms with Gasteiger partial charge in [-0.05, 0) is 48.1 Å². The van der Waals surface area contributed by atoms with Crippen LogP contribution in [0.5, 0.6) is 0 Å². The second-order valence-electron chi connectivity index (χ2n) is 8.43. The van der Waals surface area contributed by atoms with E-state index in [0.717, 1.165) is 48.1 Å². The van der Waals surface area contributed by atoms with Gasteiger partial charge in [0, 0.05) is 31.3 Å². The second kappa shape index (κ2) is 10.8. The van der Waals surface area contributed by atoms with Gasteiger partial charge in [0.25, 0.3) is 11.8 Å². The number of carbonyl (C=O) groups is 3. The van der Waals surface area contributed by atoms with Gasteiger partial charge in [0.15, 0.2) is 5.69 Å². The molecule has 0 aliphatic heterocycles. The fourth-order valence-electron chi connectivity index (χ4n) is 4.50. The maximum absolute atomic E-state index is 13.9. The Bertz CT molecular complexity index is 1240. The Labute approximate surface area is 206 Å². The standard InChI is InChI=1S/C24H28N6O4S/c1-34-12-11-28-23(32)20(15-8-9-17-14(13-15)5-4-10-27-17)30(16-6-2-3-7-16)24(33)21-18(25)19(22(26)31)29-35-21/h4-5,8-10,13,16,20H,2-3,6-7,11-12,25H2,1H3,(H2,26,31)(H,28,32)/t20-/m1/s1. The van der Waals surface area contributed by atoms with Gasteiger partial charge in [-0.2, -0.15) is 4.37 Å². The predicted octanol–water partition coefficient (Wildman–Crippen LogP) is 2.26. The SMILES string of the molecule is COCCNC(=O)[C@@H](c1ccc2ncccc2c1)N(C(=O)c1snc(C(N)=O)c1N)C1CCCC1. The zero-order chi connectivity index (χ0) is 24.9. The number of amides is 3. The number of nitrogen functional groups attached to an aromatic ring is 1. The average molecular weight is 497 g/mol. The number of nitrogens with zero attached hydrogens (tertiary/aromatic N) is 3. The number of primary amides is 1. The molecule has 3 aromatic rings. The second-order valence-corrected chi connectivity index (χ2v) is 9.20. The van der Waals surface area contributed by atoms with Crippen molar-refractivity contribution < 1.29 is 19.1 Å². The Morgan fingerprint density at radius 1 is 1.26 bits per heavy atom. The molecule has 11 heteroatoms. The summed E-state index contributed by atoms with van der Waals surface area (Å²) in [5, 5.41) is 3.74. The van der Waals surface area contributed by atoms with Gasteiger partial charge in [0.1, 0.15) is 10.9 Å². The molecule has 0 unspecified atom stereocenters. The molecule has 0 radical (unpaired) electrons. The largest absolute Gasteiger partial charge is 0.395 e. The Morgan fingerprint density at radius 3 is 2.71 bits per heavy atom. The number of aromatic nitrogens is 2. The lowest BCUT2D eigenvalue weighted by atomic mass is 9.98. The maximum Gasteiger partial charge on any atom is 0.270 e. The number of pyridine rings is 1. The van der Waals surface area contributed by atoms with Gasteiger partial charge in [-0.15, -0.1) is 0 Å². The highest BCUT2D eigenvalue weighted by Gasteiger charge is 2.39. The van der Waals surface area contributed by atoms with Crippen molar-refractivity contribution in [3.8, 4) is 0 Å². The molecule has 0 saturated heterocycles. The molecule has 3 amide bonds. The Morgan fingerprint density at radius 2 is 2.03 bits per heavy atom. The molecule has 184 valence electrons. The zero-order valence-corrected chi connectivity index (χ0v) is 20.2. The van der Waals surface area contributed by atoms with Gasteiger partial charge in [-0.1, -0.05) is 25.0 Å². The molecule has 4 rings (SSSR count). The number of carbonyl (C=O) groups excluding carboxylic acids is 3. The number of rotatable bonds is 9. The lowest BCUT2D eigenvalue weighted by molar-refractivity contribution is -0.126. The molecule has 10 nitrogen and oxygen atoms in total. The van der Waals surface area contributed by atoms with E-state index in [9.17, 15) is 14.4 Å². The van der Waals surface area contributed by atoms with Crippen molar-refractivity contribution in [1.82, 2.24) is 19.6 Å². The van der Waals surface area contributed by atoms with Crippen LogP contribution in [0.25, 0.3) is 10.9 Å². The van der Waals surface area contributed by atoms with Crippen LogP contribution in [0.2, 0.25) is 0 Å². The van der Waals surface area contributed by atoms with Gasteiger partial charge in [-0.3, -0.25) is 19.4 Å². The number of nitrogens with two attached hydrogens (primary N) is 2. The van der Waals surface area contributed by atoms with E-state index >= 15 is 0 Å². The number of benzene rings is 1. The van der Waals surface area contributed by atoms with E-state index < -0.39 is 17.9 Å². The molecule has 5 N–H and O–H groups in total. The molecule has 1 aliphatic rings. The number of methoxy groups -OCH3 is 1. The summed E-state index contributed by atoms with van der Waals surface area (Å²) in [6, 6.07) is 8.16. The van der Waals surface area contributed by atoms with Gasteiger partial charge in [-0.25, -0.2) is 0 Å². The van der Waals surface area contributed by atoms with Crippen molar-refractivity contribution in [2.75, 3.05) is 26.0 Å². The van der Waals surface area contributed by atoms with Gasteiger partial charge >= 0.3 is 0 Å². The first-order valence-electron chi connectivity index (χ1n) is 11.4. The maximum atomic E-state index is 13.9. The molecule has 1 aromatic carbocycles. The highest BCUT2D eigenvalue weighted by Crippen LogP contribution is 2.36. The van der Waals surface area contributed by atoms with Crippen LogP contribution >= 0.6 is 11.5 Å². The number of ether oxygens (including phenoxy) is 1. The first-order chi connectivity index (χ1) is 16.9. The van der Waals surface area contributed by atoms with Gasteiger partial charge in [0.05, 0.1) is 17.8 Å². The minimum atomic E-state index is -0.925. The summed E-state index contributed by atoms with van der Waals surface area (Å²) in [6.45, 7) is 0.628. The van der Waals surface area contributed by atoms with E-state index in [4.69, 9.17) is 16.2 Å². The van der Waals surface area contributed by atoms with E-state index in [1.807, 2.05) is 30.3 Å². The molecule has 35 heavy (non-hydrogen) atoms. The summed E-state index contributed by atoms with van der Waals surface area (Å²) in [6.07, 6.45) is 5.10. The van der Waals surface area contributed by atoms with Crippen LogP contribution in [0.15, 0.2) is 36.5 Å². The number of hydrogen-bond acceptors (Lipinski definition) is 8. The summed E-state index contributed by atoms with van der Waals surface area (Å²) in [5.41, 5.74) is 12.7. The number of fused-ring (bicyclic) bond motifs is 1. The lowest BCUT2D eigenvalue weighted by Crippen LogP contribution is -2.48. The topological polar surface area (TPSA) is 154 Å². The summed E-state index contributed by atoms with van der Waals surface area (Å²) < 4.78 is 9.08. The fourth-order valence-corrected chi connectivity index (χ4v) is 5.25. The summed E-state index contributed by atoms with van der Waals surface area (Å²) in [4.78, 5) is 45.3. The molecule has 1 fully saturated rings. The van der Waals surface area contributed by atoms with E-state index in [0.29, 0.717) is 18.7 Å². The highest BCUT2D eigenvalue weighted by molar-refractivity contribution is 7.09. The third kappa shape index (κ3) is 5.10. The van der Waals surface area contributed by atoms with Crippen LogP contribution in [0, 0.1) is 0 Å². The Kier molecular flexibility index (Phi) is 7.57. The van der Waals surface area contributed by atoms with Crippen LogP contribution < -0.4 is 16.8 Å². The summed E-state index contributed by atoms with van der Waals surface area (Å²) in [5.74, 6) is -1.58. The normalized spacial score (nSPS) is 14.7. The molecular weight excluding hydrogens is 468 g/mol. The highest BCUT2D eigenvalue weighted by atomic mass is 32.1. The van der Waals surface area contributed by atoms with Crippen LogP contribution in [0.1, 0.15) is 57.4 Å². The van der Waals surface area contributed by atoms with Crippen molar-refractivity contribution in [2.24, 2.45) is 5.73 Å². The van der Waals surface area contributed by atoms with E-state index in [-0.39, 0.29) is 28.2 Å². The van der Waals surface area contributed by atoms with Crippen LogP contribution in [0.4, 0.5) is 5.69 Å². The molecule has 1 saturated carbocycles. The third-order valence-electron chi connectivity index (χ3n) is 6.18. The quantitative estimate of drug-likeness (QED) is 0.384. The minimum absolute atomic E-state index is 0.0586. The summed E-state index contributed by atoms with van der Waals surface area (Å²) in [7, 11) is 1.55. The monoisotopic (exact) mass is 496 g/mol. The fraction of sp³-hybridized carbons (Fsp3) is 0.375. The number of nitrogens with one attached hydrogen (secondary N) is 1. The molecule has 1 atom stereocenters. The predicted molar refractivity (Wildman–Crippen MR) is 133 cm³/mol. The van der Waals surface area contributed by atoms with E-state index in [2.05, 4.69) is 14.7 Å². The third-order valence-corrected chi connectivity index (χ3v) is 7.03. The number of anilines is 1. The molecule has 0 spiro atoms. The molecule has 2 aromatic heterocycles. The first kappa shape index (κ1) is 24.6. The van der Waals surface area contributed by atoms with Crippen molar-refractivity contribution in [3.05, 3.63) is 52.7 Å².